The van der Waals surface area contributed by atoms with E-state index in [0.29, 0.717) is 43.1 Å². The smallest absolute Gasteiger partial charge is 0.243 e. The zero-order valence-electron chi connectivity index (χ0n) is 24.5. The average Bonchev–Trinajstić information content (AvgIpc) is 3.47. The molecule has 4 heterocycles. The normalized spacial score (nSPS) is 19.3. The van der Waals surface area contributed by atoms with Gasteiger partial charge in [0.15, 0.2) is 14.1 Å². The first-order valence-corrected chi connectivity index (χ1v) is 17.1. The number of morpholine rings is 1. The molecule has 2 aliphatic heterocycles. The van der Waals surface area contributed by atoms with Gasteiger partial charge in [-0.15, -0.1) is 0 Å². The minimum absolute atomic E-state index is 0.0429. The lowest BCUT2D eigenvalue weighted by atomic mass is 9.80. The van der Waals surface area contributed by atoms with Crippen LogP contribution in [0.5, 0.6) is 0 Å². The summed E-state index contributed by atoms with van der Waals surface area (Å²) in [5, 5.41) is 3.61. The molecule has 0 atom stereocenters. The second-order valence-corrected chi connectivity index (χ2v) is 17.6. The fourth-order valence-corrected chi connectivity index (χ4v) is 6.38. The molecule has 2 fully saturated rings. The molecular weight excluding hydrogens is 510 g/mol. The second-order valence-electron chi connectivity index (χ2n) is 12.8. The van der Waals surface area contributed by atoms with Gasteiger partial charge < -0.3 is 19.4 Å². The van der Waals surface area contributed by atoms with Crippen LogP contribution >= 0.6 is 0 Å². The third kappa shape index (κ3) is 5.16. The van der Waals surface area contributed by atoms with Crippen molar-refractivity contribution in [1.29, 1.82) is 0 Å². The van der Waals surface area contributed by atoms with Gasteiger partial charge in [0.2, 0.25) is 11.9 Å². The predicted molar refractivity (Wildman–Crippen MR) is 155 cm³/mol. The van der Waals surface area contributed by atoms with Crippen molar-refractivity contribution in [2.45, 2.75) is 96.5 Å². The number of rotatable bonds is 7. The molecular formula is C28H43N7O3Si. The number of ether oxygens (including phenoxy) is 1. The van der Waals surface area contributed by atoms with Gasteiger partial charge >= 0.3 is 0 Å². The third-order valence-corrected chi connectivity index (χ3v) is 13.1. The van der Waals surface area contributed by atoms with E-state index in [0.717, 1.165) is 50.2 Å². The molecule has 0 unspecified atom stereocenters. The van der Waals surface area contributed by atoms with Gasteiger partial charge in [0.05, 0.1) is 48.9 Å². The van der Waals surface area contributed by atoms with E-state index in [-0.39, 0.29) is 17.0 Å². The number of aromatic nitrogens is 4. The topological polar surface area (TPSA) is 106 Å². The van der Waals surface area contributed by atoms with Crippen molar-refractivity contribution in [2.24, 2.45) is 0 Å². The van der Waals surface area contributed by atoms with Gasteiger partial charge in [0.1, 0.15) is 11.6 Å². The Morgan fingerprint density at radius 1 is 1.10 bits per heavy atom. The minimum atomic E-state index is -2.03. The zero-order valence-corrected chi connectivity index (χ0v) is 25.5. The highest BCUT2D eigenvalue weighted by Crippen LogP contribution is 2.55. The lowest BCUT2D eigenvalue weighted by Gasteiger charge is -2.36. The number of nitrogens with one attached hydrogen (secondary N) is 1. The molecule has 1 aliphatic carbocycles. The number of nitrogens with zero attached hydrogens (tertiary/aromatic N) is 6. The molecule has 1 amide bonds. The summed E-state index contributed by atoms with van der Waals surface area (Å²) in [6.45, 7) is 18.4. The van der Waals surface area contributed by atoms with Crippen LogP contribution in [-0.4, -0.2) is 66.5 Å². The molecule has 11 heteroatoms. The molecule has 2 aromatic heterocycles. The van der Waals surface area contributed by atoms with Gasteiger partial charge in [-0.05, 0) is 44.8 Å². The molecule has 0 radical (unpaired) electrons. The highest BCUT2D eigenvalue weighted by Gasteiger charge is 2.56. The zero-order chi connectivity index (χ0) is 28.0. The Bertz CT molecular complexity index is 1200. The Balaban J connectivity index is 1.57. The molecule has 5 rings (SSSR count). The molecule has 3 aliphatic rings. The molecule has 1 spiro atoms. The van der Waals surface area contributed by atoms with Crippen molar-refractivity contribution in [3.8, 4) is 0 Å². The van der Waals surface area contributed by atoms with Crippen LogP contribution in [0.4, 0.5) is 23.3 Å². The van der Waals surface area contributed by atoms with E-state index in [4.69, 9.17) is 19.1 Å². The molecule has 1 N–H and O–H groups in total. The van der Waals surface area contributed by atoms with Gasteiger partial charge in [-0.25, -0.2) is 19.9 Å². The predicted octanol–water partition coefficient (Wildman–Crippen LogP) is 4.94. The van der Waals surface area contributed by atoms with E-state index in [2.05, 4.69) is 67.9 Å². The monoisotopic (exact) mass is 553 g/mol. The van der Waals surface area contributed by atoms with Crippen LogP contribution in [0.2, 0.25) is 18.1 Å². The van der Waals surface area contributed by atoms with Gasteiger partial charge in [-0.2, -0.15) is 0 Å². The standard InChI is InChI=1S/C28H43N7O3Si/c1-19(2)31-23-22-24(33-21(32-23)18-38-39(6,7)27(3,4)5)35(25(36)28(22)10-8-9-11-28)20-16-29-26(30-17-20)34-12-14-37-15-13-34/h16-17,19H,8-15,18H2,1-7H3,(H,31,32,33). The number of carbonyl (C=O) groups is 1. The average molecular weight is 554 g/mol. The SMILES string of the molecule is CC(C)Nc1nc(CO[Si](C)(C)C(C)(C)C)nc2c1C1(CCCC1)C(=O)N2c1cnc(N2CCOCC2)nc1. The lowest BCUT2D eigenvalue weighted by Crippen LogP contribution is -2.40. The fourth-order valence-electron chi connectivity index (χ4n) is 5.46. The third-order valence-electron chi connectivity index (χ3n) is 8.67. The molecule has 1 saturated carbocycles. The van der Waals surface area contributed by atoms with Crippen LogP contribution < -0.4 is 15.1 Å². The van der Waals surface area contributed by atoms with Gasteiger partial charge in [-0.1, -0.05) is 33.6 Å². The van der Waals surface area contributed by atoms with Gasteiger partial charge in [0.25, 0.3) is 0 Å². The lowest BCUT2D eigenvalue weighted by molar-refractivity contribution is -0.122. The van der Waals surface area contributed by atoms with E-state index in [1.165, 1.54) is 0 Å². The largest absolute Gasteiger partial charge is 0.409 e. The first-order valence-electron chi connectivity index (χ1n) is 14.2. The summed E-state index contributed by atoms with van der Waals surface area (Å²) in [7, 11) is -2.03. The number of hydrogen-bond acceptors (Lipinski definition) is 9. The maximum Gasteiger partial charge on any atom is 0.243 e. The van der Waals surface area contributed by atoms with Crippen LogP contribution in [0, 0.1) is 0 Å². The molecule has 0 aromatic carbocycles. The molecule has 0 bridgehead atoms. The summed E-state index contributed by atoms with van der Waals surface area (Å²) in [5.41, 5.74) is 0.911. The van der Waals surface area contributed by atoms with Crippen molar-refractivity contribution in [3.63, 3.8) is 0 Å². The van der Waals surface area contributed by atoms with E-state index in [1.54, 1.807) is 17.3 Å². The van der Waals surface area contributed by atoms with Crippen LogP contribution in [0.1, 0.15) is 71.7 Å². The summed E-state index contributed by atoms with van der Waals surface area (Å²) in [6, 6.07) is 0.150. The number of fused-ring (bicyclic) bond motifs is 2. The van der Waals surface area contributed by atoms with Crippen molar-refractivity contribution in [1.82, 2.24) is 19.9 Å². The Morgan fingerprint density at radius 3 is 2.33 bits per heavy atom. The highest BCUT2D eigenvalue weighted by atomic mass is 28.4. The van der Waals surface area contributed by atoms with E-state index in [1.807, 2.05) is 0 Å². The van der Waals surface area contributed by atoms with E-state index < -0.39 is 13.7 Å². The van der Waals surface area contributed by atoms with Crippen molar-refractivity contribution >= 4 is 37.5 Å². The summed E-state index contributed by atoms with van der Waals surface area (Å²) < 4.78 is 12.0. The first kappa shape index (κ1) is 27.9. The molecule has 1 saturated heterocycles. The number of carbonyl (C=O) groups excluding carboxylic acids is 1. The Morgan fingerprint density at radius 2 is 1.74 bits per heavy atom. The molecule has 39 heavy (non-hydrogen) atoms. The fraction of sp³-hybridized carbons (Fsp3) is 0.679. The van der Waals surface area contributed by atoms with Crippen LogP contribution in [0.15, 0.2) is 12.4 Å². The minimum Gasteiger partial charge on any atom is -0.409 e. The first-order chi connectivity index (χ1) is 18.4. The van der Waals surface area contributed by atoms with E-state index >= 15 is 0 Å². The quantitative estimate of drug-likeness (QED) is 0.478. The summed E-state index contributed by atoms with van der Waals surface area (Å²) >= 11 is 0. The van der Waals surface area contributed by atoms with Crippen LogP contribution in [0.3, 0.4) is 0 Å². The molecule has 2 aromatic rings. The Kier molecular flexibility index (Phi) is 7.45. The van der Waals surface area contributed by atoms with Crippen LogP contribution in [-0.2, 0) is 26.0 Å². The summed E-state index contributed by atoms with van der Waals surface area (Å²) in [6.07, 6.45) is 7.08. The molecule has 212 valence electrons. The summed E-state index contributed by atoms with van der Waals surface area (Å²) in [5.74, 6) is 2.66. The van der Waals surface area contributed by atoms with Gasteiger partial charge in [0, 0.05) is 19.1 Å². The summed E-state index contributed by atoms with van der Waals surface area (Å²) in [4.78, 5) is 37.4. The number of anilines is 4. The van der Waals surface area contributed by atoms with Crippen molar-refractivity contribution in [2.75, 3.05) is 41.4 Å². The number of hydrogen-bond donors (Lipinski definition) is 1. The Hall–Kier alpha value is -2.63. The highest BCUT2D eigenvalue weighted by molar-refractivity contribution is 6.74. The number of amides is 1. The Labute approximate surface area is 233 Å². The second kappa shape index (κ2) is 10.4. The maximum atomic E-state index is 14.3. The van der Waals surface area contributed by atoms with Gasteiger partial charge in [-0.3, -0.25) is 9.69 Å². The van der Waals surface area contributed by atoms with E-state index in [9.17, 15) is 4.79 Å². The van der Waals surface area contributed by atoms with Crippen LogP contribution in [0.25, 0.3) is 0 Å². The molecule has 10 nitrogen and oxygen atoms in total. The maximum absolute atomic E-state index is 14.3. The van der Waals surface area contributed by atoms with Crippen molar-refractivity contribution in [3.05, 3.63) is 23.8 Å². The van der Waals surface area contributed by atoms with Crippen molar-refractivity contribution < 1.29 is 14.0 Å².